The largest absolute Gasteiger partial charge is 0.457 e. The molecule has 1 unspecified atom stereocenters. The normalized spacial score (nSPS) is 11.5. The first-order chi connectivity index (χ1) is 6.60. The molecule has 0 radical (unpaired) electrons. The Bertz CT molecular complexity index is 209. The average Bonchev–Trinajstić information content (AvgIpc) is 2.22. The summed E-state index contributed by atoms with van der Waals surface area (Å²) in [5.74, 6) is -1.03. The van der Waals surface area contributed by atoms with Gasteiger partial charge in [-0.2, -0.15) is 0 Å². The van der Waals surface area contributed by atoms with Gasteiger partial charge >= 0.3 is 5.97 Å². The summed E-state index contributed by atoms with van der Waals surface area (Å²) in [5, 5.41) is 9.02. The summed E-state index contributed by atoms with van der Waals surface area (Å²) in [4.78, 5) is 21.2. The van der Waals surface area contributed by atoms with Gasteiger partial charge in [0.1, 0.15) is 13.2 Å². The number of hydrogen-bond donors (Lipinski definition) is 1. The summed E-state index contributed by atoms with van der Waals surface area (Å²) in [7, 11) is 0. The second-order valence-electron chi connectivity index (χ2n) is 2.27. The Labute approximate surface area is 81.6 Å². The fourth-order valence-corrected chi connectivity index (χ4v) is 0.498. The summed E-state index contributed by atoms with van der Waals surface area (Å²) < 4.78 is 9.06. The zero-order valence-electron chi connectivity index (χ0n) is 7.64. The number of ketones is 1. The van der Waals surface area contributed by atoms with Gasteiger partial charge in [0.2, 0.25) is 0 Å². The molecule has 14 heavy (non-hydrogen) atoms. The van der Waals surface area contributed by atoms with Gasteiger partial charge in [-0.15, -0.1) is 0 Å². The predicted octanol–water partition coefficient (Wildman–Crippen LogP) is -0.194. The molecule has 0 aromatic rings. The van der Waals surface area contributed by atoms with Crippen molar-refractivity contribution in [2.24, 2.45) is 0 Å². The number of aliphatic hydroxyl groups excluding tert-OH is 1. The molecule has 0 spiro atoms. The third kappa shape index (κ3) is 6.10. The molecule has 0 rings (SSSR count). The lowest BCUT2D eigenvalue weighted by Crippen LogP contribution is -2.23. The molecule has 0 heterocycles. The number of rotatable bonds is 7. The first-order valence-corrected chi connectivity index (χ1v) is 3.84. The van der Waals surface area contributed by atoms with Crippen LogP contribution in [0.15, 0.2) is 25.3 Å². The monoisotopic (exact) mass is 200 g/mol. The van der Waals surface area contributed by atoms with Crippen LogP contribution < -0.4 is 0 Å². The van der Waals surface area contributed by atoms with Gasteiger partial charge in [0.25, 0.3) is 0 Å². The molecule has 0 aromatic carbocycles. The van der Waals surface area contributed by atoms with E-state index < -0.39 is 12.3 Å². The number of carbonyl (C=O) groups excluding carboxylic acids is 2. The van der Waals surface area contributed by atoms with Crippen LogP contribution in [0.5, 0.6) is 0 Å². The smallest absolute Gasteiger partial charge is 0.330 e. The van der Waals surface area contributed by atoms with Crippen LogP contribution in [-0.2, 0) is 19.1 Å². The number of hydrogen-bond acceptors (Lipinski definition) is 5. The topological polar surface area (TPSA) is 72.8 Å². The van der Waals surface area contributed by atoms with Crippen molar-refractivity contribution in [2.45, 2.75) is 6.29 Å². The van der Waals surface area contributed by atoms with Gasteiger partial charge in [-0.25, -0.2) is 4.79 Å². The third-order valence-electron chi connectivity index (χ3n) is 1.18. The Morgan fingerprint density at radius 2 is 2.00 bits per heavy atom. The SMILES string of the molecule is C=CC(=O)COC(O)COC(=O)C=C. The van der Waals surface area contributed by atoms with Crippen molar-refractivity contribution in [3.05, 3.63) is 25.3 Å². The maximum absolute atomic E-state index is 10.6. The minimum atomic E-state index is -1.32. The van der Waals surface area contributed by atoms with E-state index in [1.54, 1.807) is 0 Å². The highest BCUT2D eigenvalue weighted by molar-refractivity contribution is 5.90. The number of aliphatic hydroxyl groups is 1. The fraction of sp³-hybridized carbons (Fsp3) is 0.333. The van der Waals surface area contributed by atoms with Crippen molar-refractivity contribution in [3.63, 3.8) is 0 Å². The maximum atomic E-state index is 10.6. The Balaban J connectivity index is 3.60. The summed E-state index contributed by atoms with van der Waals surface area (Å²) in [6.07, 6.45) is 0.715. The van der Waals surface area contributed by atoms with E-state index in [0.29, 0.717) is 0 Å². The van der Waals surface area contributed by atoms with E-state index in [0.717, 1.165) is 12.2 Å². The van der Waals surface area contributed by atoms with Gasteiger partial charge < -0.3 is 14.6 Å². The summed E-state index contributed by atoms with van der Waals surface area (Å²) in [6, 6.07) is 0. The first kappa shape index (κ1) is 12.5. The van der Waals surface area contributed by atoms with Crippen LogP contribution in [0.1, 0.15) is 0 Å². The van der Waals surface area contributed by atoms with Crippen LogP contribution in [0, 0.1) is 0 Å². The predicted molar refractivity (Wildman–Crippen MR) is 48.3 cm³/mol. The van der Waals surface area contributed by atoms with Crippen molar-refractivity contribution in [1.82, 2.24) is 0 Å². The highest BCUT2D eigenvalue weighted by Crippen LogP contribution is 1.90. The van der Waals surface area contributed by atoms with E-state index in [9.17, 15) is 9.59 Å². The van der Waals surface area contributed by atoms with E-state index in [1.807, 2.05) is 0 Å². The highest BCUT2D eigenvalue weighted by atomic mass is 16.6. The Morgan fingerprint density at radius 1 is 1.36 bits per heavy atom. The van der Waals surface area contributed by atoms with Gasteiger partial charge in [-0.05, 0) is 6.08 Å². The molecule has 0 aliphatic heterocycles. The van der Waals surface area contributed by atoms with Gasteiger partial charge in [0.15, 0.2) is 12.1 Å². The molecule has 0 saturated carbocycles. The third-order valence-corrected chi connectivity index (χ3v) is 1.18. The molecule has 5 heteroatoms. The van der Waals surface area contributed by atoms with Crippen molar-refractivity contribution < 1.29 is 24.2 Å². The fourth-order valence-electron chi connectivity index (χ4n) is 0.498. The summed E-state index contributed by atoms with van der Waals surface area (Å²) in [6.45, 7) is 5.74. The van der Waals surface area contributed by atoms with Crippen LogP contribution >= 0.6 is 0 Å². The van der Waals surface area contributed by atoms with E-state index in [-0.39, 0.29) is 19.0 Å². The zero-order valence-corrected chi connectivity index (χ0v) is 7.64. The second-order valence-corrected chi connectivity index (χ2v) is 2.27. The zero-order chi connectivity index (χ0) is 11.0. The van der Waals surface area contributed by atoms with Crippen molar-refractivity contribution in [2.75, 3.05) is 13.2 Å². The van der Waals surface area contributed by atoms with E-state index in [1.165, 1.54) is 0 Å². The van der Waals surface area contributed by atoms with Crippen LogP contribution in [0.25, 0.3) is 0 Å². The maximum Gasteiger partial charge on any atom is 0.330 e. The highest BCUT2D eigenvalue weighted by Gasteiger charge is 2.08. The second kappa shape index (κ2) is 6.99. The van der Waals surface area contributed by atoms with Gasteiger partial charge in [-0.3, -0.25) is 4.79 Å². The molecular weight excluding hydrogens is 188 g/mol. The molecule has 0 bridgehead atoms. The lowest BCUT2D eigenvalue weighted by Gasteiger charge is -2.09. The molecule has 0 saturated heterocycles. The van der Waals surface area contributed by atoms with Gasteiger partial charge in [-0.1, -0.05) is 13.2 Å². The van der Waals surface area contributed by atoms with Crippen LogP contribution in [0.3, 0.4) is 0 Å². The lowest BCUT2D eigenvalue weighted by atomic mass is 10.4. The minimum Gasteiger partial charge on any atom is -0.457 e. The molecule has 5 nitrogen and oxygen atoms in total. The van der Waals surface area contributed by atoms with Crippen molar-refractivity contribution in [3.8, 4) is 0 Å². The molecule has 0 aliphatic rings. The molecule has 78 valence electrons. The molecular formula is C9H12O5. The van der Waals surface area contributed by atoms with Crippen LogP contribution in [0.2, 0.25) is 0 Å². The molecule has 0 fully saturated rings. The minimum absolute atomic E-state index is 0.295. The quantitative estimate of drug-likeness (QED) is 0.350. The van der Waals surface area contributed by atoms with E-state index in [2.05, 4.69) is 22.6 Å². The molecule has 1 N–H and O–H groups in total. The molecule has 0 amide bonds. The Kier molecular flexibility index (Phi) is 6.26. The number of carbonyl (C=O) groups is 2. The van der Waals surface area contributed by atoms with Gasteiger partial charge in [0.05, 0.1) is 0 Å². The number of ether oxygens (including phenoxy) is 2. The Morgan fingerprint density at radius 3 is 2.50 bits per heavy atom. The average molecular weight is 200 g/mol. The van der Waals surface area contributed by atoms with Crippen LogP contribution in [-0.4, -0.2) is 36.4 Å². The molecule has 0 aliphatic carbocycles. The Hall–Kier alpha value is -1.46. The van der Waals surface area contributed by atoms with Crippen molar-refractivity contribution >= 4 is 11.8 Å². The van der Waals surface area contributed by atoms with E-state index in [4.69, 9.17) is 5.11 Å². The summed E-state index contributed by atoms with van der Waals surface area (Å²) >= 11 is 0. The summed E-state index contributed by atoms with van der Waals surface area (Å²) in [5.41, 5.74) is 0. The molecule has 1 atom stereocenters. The van der Waals surface area contributed by atoms with Gasteiger partial charge in [0, 0.05) is 6.08 Å². The lowest BCUT2D eigenvalue weighted by molar-refractivity contribution is -0.163. The van der Waals surface area contributed by atoms with Crippen LogP contribution in [0.4, 0.5) is 0 Å². The first-order valence-electron chi connectivity index (χ1n) is 3.84. The molecule has 0 aromatic heterocycles. The van der Waals surface area contributed by atoms with Crippen molar-refractivity contribution in [1.29, 1.82) is 0 Å². The standard InChI is InChI=1S/C9H12O5/c1-3-7(10)5-13-9(12)6-14-8(11)4-2/h3-4,9,12H,1-2,5-6H2. The number of esters is 1. The van der Waals surface area contributed by atoms with E-state index >= 15 is 0 Å².